The average Bonchev–Trinajstić information content (AvgIpc) is 2.95. The Hall–Kier alpha value is -1.03. The summed E-state index contributed by atoms with van der Waals surface area (Å²) in [7, 11) is -3.65. The molecule has 0 aliphatic heterocycles. The molecule has 104 valence electrons. The van der Waals surface area contributed by atoms with Gasteiger partial charge in [0.15, 0.2) is 0 Å². The molecule has 0 amide bonds. The standard InChI is InChI=1S/C10H14N4O2S3/c1-3-8-12-13-10(18-8)14-19(15,16)9-6(2)5-17-7(9)4-11/h5H,3-4,11H2,1-2H3,(H,13,14). The van der Waals surface area contributed by atoms with Crippen LogP contribution in [-0.2, 0) is 23.0 Å². The Morgan fingerprint density at radius 1 is 1.42 bits per heavy atom. The van der Waals surface area contributed by atoms with Crippen molar-refractivity contribution in [3.8, 4) is 0 Å². The highest BCUT2D eigenvalue weighted by atomic mass is 32.2. The van der Waals surface area contributed by atoms with Gasteiger partial charge in [-0.25, -0.2) is 8.42 Å². The molecule has 2 aromatic rings. The van der Waals surface area contributed by atoms with Crippen molar-refractivity contribution in [1.29, 1.82) is 0 Å². The van der Waals surface area contributed by atoms with Crippen LogP contribution in [0.4, 0.5) is 5.13 Å². The second-order valence-electron chi connectivity index (χ2n) is 3.84. The molecule has 0 aromatic carbocycles. The fraction of sp³-hybridized carbons (Fsp3) is 0.400. The molecule has 2 heterocycles. The molecule has 0 bridgehead atoms. The third-order valence-corrected chi connectivity index (χ3v) is 6.37. The summed E-state index contributed by atoms with van der Waals surface area (Å²) in [4.78, 5) is 0.901. The minimum atomic E-state index is -3.65. The monoisotopic (exact) mass is 318 g/mol. The summed E-state index contributed by atoms with van der Waals surface area (Å²) >= 11 is 2.58. The molecule has 0 unspecified atom stereocenters. The molecule has 0 fully saturated rings. The second-order valence-corrected chi connectivity index (χ2v) is 7.48. The highest BCUT2D eigenvalue weighted by molar-refractivity contribution is 7.93. The van der Waals surface area contributed by atoms with Crippen molar-refractivity contribution in [2.45, 2.75) is 31.7 Å². The van der Waals surface area contributed by atoms with Crippen molar-refractivity contribution in [3.63, 3.8) is 0 Å². The lowest BCUT2D eigenvalue weighted by molar-refractivity contribution is 0.600. The van der Waals surface area contributed by atoms with Gasteiger partial charge in [0.05, 0.1) is 0 Å². The number of sulfonamides is 1. The molecule has 19 heavy (non-hydrogen) atoms. The molecule has 0 aliphatic carbocycles. The number of thiophene rings is 1. The van der Waals surface area contributed by atoms with E-state index in [0.29, 0.717) is 10.4 Å². The van der Waals surface area contributed by atoms with Crippen LogP contribution in [0, 0.1) is 6.92 Å². The molecular formula is C10H14N4O2S3. The SMILES string of the molecule is CCc1nnc(NS(=O)(=O)c2c(C)csc2CN)s1. The van der Waals surface area contributed by atoms with Crippen LogP contribution in [0.5, 0.6) is 0 Å². The van der Waals surface area contributed by atoms with Gasteiger partial charge in [0.2, 0.25) is 5.13 Å². The van der Waals surface area contributed by atoms with Gasteiger partial charge >= 0.3 is 0 Å². The molecule has 2 rings (SSSR count). The van der Waals surface area contributed by atoms with Crippen LogP contribution in [-0.4, -0.2) is 18.6 Å². The predicted molar refractivity (Wildman–Crippen MR) is 77.0 cm³/mol. The average molecular weight is 318 g/mol. The van der Waals surface area contributed by atoms with E-state index in [4.69, 9.17) is 5.73 Å². The zero-order valence-corrected chi connectivity index (χ0v) is 13.0. The van der Waals surface area contributed by atoms with E-state index < -0.39 is 10.0 Å². The van der Waals surface area contributed by atoms with Gasteiger partial charge in [0, 0.05) is 11.4 Å². The largest absolute Gasteiger partial charge is 0.326 e. The number of aromatic nitrogens is 2. The highest BCUT2D eigenvalue weighted by Gasteiger charge is 2.23. The van der Waals surface area contributed by atoms with E-state index in [0.717, 1.165) is 11.4 Å². The third-order valence-electron chi connectivity index (χ3n) is 2.43. The first-order valence-corrected chi connectivity index (χ1v) is 8.78. The van der Waals surface area contributed by atoms with Gasteiger partial charge in [0.25, 0.3) is 10.0 Å². The van der Waals surface area contributed by atoms with E-state index >= 15 is 0 Å². The highest BCUT2D eigenvalue weighted by Crippen LogP contribution is 2.29. The predicted octanol–water partition coefficient (Wildman–Crippen LogP) is 1.73. The summed E-state index contributed by atoms with van der Waals surface area (Å²) < 4.78 is 27.1. The number of hydrogen-bond donors (Lipinski definition) is 2. The third kappa shape index (κ3) is 2.94. The van der Waals surface area contributed by atoms with E-state index in [1.165, 1.54) is 22.7 Å². The van der Waals surface area contributed by atoms with Crippen LogP contribution in [0.2, 0.25) is 0 Å². The molecule has 6 nitrogen and oxygen atoms in total. The molecule has 0 atom stereocenters. The molecule has 9 heteroatoms. The maximum absolute atomic E-state index is 12.3. The summed E-state index contributed by atoms with van der Waals surface area (Å²) in [5.74, 6) is 0. The Morgan fingerprint density at radius 2 is 2.16 bits per heavy atom. The maximum atomic E-state index is 12.3. The smallest absolute Gasteiger partial charge is 0.265 e. The first-order valence-electron chi connectivity index (χ1n) is 5.60. The minimum absolute atomic E-state index is 0.199. The van der Waals surface area contributed by atoms with Crippen LogP contribution >= 0.6 is 22.7 Å². The van der Waals surface area contributed by atoms with Gasteiger partial charge in [-0.05, 0) is 24.3 Å². The molecule has 0 radical (unpaired) electrons. The zero-order valence-electron chi connectivity index (χ0n) is 10.5. The van der Waals surface area contributed by atoms with Crippen molar-refractivity contribution in [2.24, 2.45) is 5.73 Å². The summed E-state index contributed by atoms with van der Waals surface area (Å²) in [6.45, 7) is 3.89. The molecule has 0 aliphatic rings. The minimum Gasteiger partial charge on any atom is -0.326 e. The Kier molecular flexibility index (Phi) is 4.19. The van der Waals surface area contributed by atoms with Crippen molar-refractivity contribution in [3.05, 3.63) is 20.8 Å². The normalized spacial score (nSPS) is 11.7. The number of anilines is 1. The summed E-state index contributed by atoms with van der Waals surface area (Å²) in [6.07, 6.45) is 0.727. The van der Waals surface area contributed by atoms with Gasteiger partial charge < -0.3 is 5.73 Å². The molecule has 0 saturated carbocycles. The van der Waals surface area contributed by atoms with Crippen molar-refractivity contribution in [1.82, 2.24) is 10.2 Å². The lowest BCUT2D eigenvalue weighted by Gasteiger charge is -2.06. The molecule has 2 aromatic heterocycles. The van der Waals surface area contributed by atoms with Crippen LogP contribution in [0.3, 0.4) is 0 Å². The number of nitrogens with zero attached hydrogens (tertiary/aromatic N) is 2. The number of nitrogens with one attached hydrogen (secondary N) is 1. The van der Waals surface area contributed by atoms with E-state index in [9.17, 15) is 8.42 Å². The van der Waals surface area contributed by atoms with E-state index in [1.54, 1.807) is 12.3 Å². The number of nitrogens with two attached hydrogens (primary N) is 1. The molecule has 0 saturated heterocycles. The van der Waals surface area contributed by atoms with Crippen LogP contribution in [0.15, 0.2) is 10.3 Å². The fourth-order valence-corrected chi connectivity index (χ4v) is 5.21. The fourth-order valence-electron chi connectivity index (χ4n) is 1.59. The summed E-state index contributed by atoms with van der Waals surface area (Å²) in [5.41, 5.74) is 6.27. The quantitative estimate of drug-likeness (QED) is 0.875. The Balaban J connectivity index is 2.34. The topological polar surface area (TPSA) is 98.0 Å². The van der Waals surface area contributed by atoms with Crippen molar-refractivity contribution >= 4 is 37.8 Å². The molecular weight excluding hydrogens is 304 g/mol. The Bertz CT molecular complexity index is 675. The Labute approximate surface area is 119 Å². The first kappa shape index (κ1) is 14.4. The number of hydrogen-bond acceptors (Lipinski definition) is 7. The molecule has 3 N–H and O–H groups in total. The zero-order chi connectivity index (χ0) is 14.0. The summed E-state index contributed by atoms with van der Waals surface area (Å²) in [6, 6.07) is 0. The van der Waals surface area contributed by atoms with E-state index in [1.807, 2.05) is 6.92 Å². The van der Waals surface area contributed by atoms with Crippen LogP contribution in [0.1, 0.15) is 22.4 Å². The van der Waals surface area contributed by atoms with Gasteiger partial charge in [0.1, 0.15) is 9.90 Å². The van der Waals surface area contributed by atoms with Crippen LogP contribution < -0.4 is 10.5 Å². The molecule has 0 spiro atoms. The van der Waals surface area contributed by atoms with Crippen molar-refractivity contribution < 1.29 is 8.42 Å². The lowest BCUT2D eigenvalue weighted by atomic mass is 10.3. The number of rotatable bonds is 5. The van der Waals surface area contributed by atoms with Crippen molar-refractivity contribution in [2.75, 3.05) is 4.72 Å². The van der Waals surface area contributed by atoms with Gasteiger partial charge in [-0.3, -0.25) is 4.72 Å². The maximum Gasteiger partial charge on any atom is 0.265 e. The summed E-state index contributed by atoms with van der Waals surface area (Å²) in [5, 5.41) is 10.6. The Morgan fingerprint density at radius 3 is 2.74 bits per heavy atom. The second kappa shape index (κ2) is 5.53. The van der Waals surface area contributed by atoms with Gasteiger partial charge in [-0.1, -0.05) is 18.3 Å². The van der Waals surface area contributed by atoms with E-state index in [-0.39, 0.29) is 16.6 Å². The lowest BCUT2D eigenvalue weighted by Crippen LogP contribution is -2.15. The number of aryl methyl sites for hydroxylation is 2. The van der Waals surface area contributed by atoms with Gasteiger partial charge in [-0.2, -0.15) is 0 Å². The van der Waals surface area contributed by atoms with E-state index in [2.05, 4.69) is 14.9 Å². The van der Waals surface area contributed by atoms with Gasteiger partial charge in [-0.15, -0.1) is 21.5 Å². The first-order chi connectivity index (χ1) is 8.97. The van der Waals surface area contributed by atoms with Crippen LogP contribution in [0.25, 0.3) is 0 Å².